The summed E-state index contributed by atoms with van der Waals surface area (Å²) in [5.74, 6) is -0.563. The molecule has 0 bridgehead atoms. The molecule has 2 heterocycles. The van der Waals surface area contributed by atoms with Gasteiger partial charge in [-0.15, -0.1) is 0 Å². The smallest absolute Gasteiger partial charge is 0.253 e. The van der Waals surface area contributed by atoms with Crippen molar-refractivity contribution in [1.29, 1.82) is 0 Å². The lowest BCUT2D eigenvalue weighted by Gasteiger charge is -2.32. The summed E-state index contributed by atoms with van der Waals surface area (Å²) >= 11 is 0. The van der Waals surface area contributed by atoms with Gasteiger partial charge in [-0.3, -0.25) is 19.3 Å². The van der Waals surface area contributed by atoms with Gasteiger partial charge in [0, 0.05) is 37.4 Å². The van der Waals surface area contributed by atoms with Crippen LogP contribution in [0.1, 0.15) is 52.7 Å². The van der Waals surface area contributed by atoms with Crippen LogP contribution in [0.25, 0.3) is 0 Å². The molecule has 0 aliphatic carbocycles. The number of hydrogen-bond acceptors (Lipinski definition) is 4. The third-order valence-corrected chi connectivity index (χ3v) is 7.08. The van der Waals surface area contributed by atoms with Crippen LogP contribution in [0.4, 0.5) is 5.69 Å². The molecule has 7 nitrogen and oxygen atoms in total. The first-order valence-corrected chi connectivity index (χ1v) is 12.6. The average Bonchev–Trinajstić information content (AvgIpc) is 2.84. The number of primary amides is 1. The van der Waals surface area contributed by atoms with Gasteiger partial charge in [-0.25, -0.2) is 0 Å². The molecule has 2 fully saturated rings. The predicted octanol–water partition coefficient (Wildman–Crippen LogP) is 3.49. The summed E-state index contributed by atoms with van der Waals surface area (Å²) in [6.45, 7) is 7.52. The van der Waals surface area contributed by atoms with Crippen molar-refractivity contribution in [3.63, 3.8) is 0 Å². The van der Waals surface area contributed by atoms with Crippen LogP contribution in [0.15, 0.2) is 42.5 Å². The van der Waals surface area contributed by atoms with E-state index in [0.717, 1.165) is 61.2 Å². The highest BCUT2D eigenvalue weighted by Crippen LogP contribution is 2.23. The second kappa shape index (κ2) is 11.0. The van der Waals surface area contributed by atoms with Gasteiger partial charge in [0.25, 0.3) is 5.91 Å². The van der Waals surface area contributed by atoms with Crippen LogP contribution in [-0.2, 0) is 16.1 Å². The maximum atomic E-state index is 13.1. The van der Waals surface area contributed by atoms with Crippen molar-refractivity contribution in [3.05, 3.63) is 64.7 Å². The number of nitrogens with zero attached hydrogens (tertiary/aromatic N) is 2. The van der Waals surface area contributed by atoms with Crippen LogP contribution >= 0.6 is 0 Å². The molecule has 35 heavy (non-hydrogen) atoms. The zero-order valence-corrected chi connectivity index (χ0v) is 20.8. The first-order chi connectivity index (χ1) is 16.8. The molecular formula is C28H36N4O3. The highest BCUT2D eigenvalue weighted by Gasteiger charge is 2.29. The Bertz CT molecular complexity index is 1060. The zero-order chi connectivity index (χ0) is 24.9. The minimum absolute atomic E-state index is 0.00468. The van der Waals surface area contributed by atoms with Crippen LogP contribution in [0, 0.1) is 25.7 Å². The number of carbonyl (C=O) groups is 3. The molecule has 0 spiro atoms. The van der Waals surface area contributed by atoms with Crippen molar-refractivity contribution < 1.29 is 14.4 Å². The number of aryl methyl sites for hydroxylation is 2. The maximum absolute atomic E-state index is 13.1. The minimum atomic E-state index is -0.225. The lowest BCUT2D eigenvalue weighted by atomic mass is 9.96. The van der Waals surface area contributed by atoms with E-state index in [-0.39, 0.29) is 29.6 Å². The van der Waals surface area contributed by atoms with Gasteiger partial charge in [-0.05, 0) is 75.9 Å². The molecule has 2 aromatic carbocycles. The van der Waals surface area contributed by atoms with E-state index in [4.69, 9.17) is 5.73 Å². The van der Waals surface area contributed by atoms with Gasteiger partial charge >= 0.3 is 0 Å². The van der Waals surface area contributed by atoms with Gasteiger partial charge < -0.3 is 16.0 Å². The highest BCUT2D eigenvalue weighted by molar-refractivity contribution is 5.96. The van der Waals surface area contributed by atoms with Crippen molar-refractivity contribution in [2.45, 2.75) is 46.1 Å². The average molecular weight is 477 g/mol. The number of anilines is 1. The van der Waals surface area contributed by atoms with Crippen LogP contribution in [0.5, 0.6) is 0 Å². The van der Waals surface area contributed by atoms with E-state index in [0.29, 0.717) is 25.2 Å². The summed E-state index contributed by atoms with van der Waals surface area (Å²) in [5.41, 5.74) is 10.2. The van der Waals surface area contributed by atoms with Gasteiger partial charge in [-0.2, -0.15) is 0 Å². The molecule has 2 saturated heterocycles. The Kier molecular flexibility index (Phi) is 7.86. The Morgan fingerprint density at radius 2 is 1.57 bits per heavy atom. The SMILES string of the molecule is Cc1cc(C)cc(C(=O)N2CCCC(C(=O)Nc3ccc(CN4CCCC(C(N)=O)C4)cc3)C2)c1. The summed E-state index contributed by atoms with van der Waals surface area (Å²) in [6.07, 6.45) is 3.43. The van der Waals surface area contributed by atoms with E-state index in [2.05, 4.69) is 16.3 Å². The zero-order valence-electron chi connectivity index (χ0n) is 20.8. The van der Waals surface area contributed by atoms with E-state index >= 15 is 0 Å². The fraction of sp³-hybridized carbons (Fsp3) is 0.464. The van der Waals surface area contributed by atoms with Crippen LogP contribution in [-0.4, -0.2) is 53.7 Å². The maximum Gasteiger partial charge on any atom is 0.253 e. The molecule has 2 unspecified atom stereocenters. The van der Waals surface area contributed by atoms with Crippen LogP contribution < -0.4 is 11.1 Å². The van der Waals surface area contributed by atoms with Gasteiger partial charge in [0.2, 0.25) is 11.8 Å². The van der Waals surface area contributed by atoms with Crippen molar-refractivity contribution in [2.75, 3.05) is 31.5 Å². The van der Waals surface area contributed by atoms with Gasteiger partial charge in [0.15, 0.2) is 0 Å². The van der Waals surface area contributed by atoms with E-state index in [9.17, 15) is 14.4 Å². The molecule has 3 amide bonds. The molecule has 2 aliphatic heterocycles. The minimum Gasteiger partial charge on any atom is -0.369 e. The van der Waals surface area contributed by atoms with Gasteiger partial charge in [-0.1, -0.05) is 29.3 Å². The first kappa shape index (κ1) is 24.9. The van der Waals surface area contributed by atoms with Gasteiger partial charge in [0.05, 0.1) is 11.8 Å². The molecule has 7 heteroatoms. The highest BCUT2D eigenvalue weighted by atomic mass is 16.2. The second-order valence-corrected chi connectivity index (χ2v) is 10.1. The Morgan fingerprint density at radius 1 is 0.914 bits per heavy atom. The number of likely N-dealkylation sites (tertiary alicyclic amines) is 2. The molecule has 2 aromatic rings. The Labute approximate surface area is 207 Å². The van der Waals surface area contributed by atoms with Crippen molar-refractivity contribution in [1.82, 2.24) is 9.80 Å². The number of piperidine rings is 2. The number of nitrogens with one attached hydrogen (secondary N) is 1. The van der Waals surface area contributed by atoms with E-state index < -0.39 is 0 Å². The molecule has 0 radical (unpaired) electrons. The fourth-order valence-electron chi connectivity index (χ4n) is 5.28. The first-order valence-electron chi connectivity index (χ1n) is 12.6. The molecule has 3 N–H and O–H groups in total. The van der Waals surface area contributed by atoms with Crippen molar-refractivity contribution in [2.24, 2.45) is 17.6 Å². The Balaban J connectivity index is 1.32. The van der Waals surface area contributed by atoms with Crippen molar-refractivity contribution >= 4 is 23.4 Å². The Hall–Kier alpha value is -3.19. The number of carbonyl (C=O) groups excluding carboxylic acids is 3. The fourth-order valence-corrected chi connectivity index (χ4v) is 5.28. The lowest BCUT2D eigenvalue weighted by molar-refractivity contribution is -0.123. The van der Waals surface area contributed by atoms with E-state index in [1.165, 1.54) is 0 Å². The summed E-state index contributed by atoms with van der Waals surface area (Å²) in [4.78, 5) is 41.6. The molecule has 186 valence electrons. The predicted molar refractivity (Wildman–Crippen MR) is 137 cm³/mol. The quantitative estimate of drug-likeness (QED) is 0.667. The standard InChI is InChI=1S/C28H36N4O3/c1-19-13-20(2)15-24(14-19)28(35)32-12-4-6-23(18-32)27(34)30-25-9-7-21(8-10-25)16-31-11-3-5-22(17-31)26(29)33/h7-10,13-15,22-23H,3-6,11-12,16-18H2,1-2H3,(H2,29,33)(H,30,34). The third kappa shape index (κ3) is 6.48. The number of nitrogens with two attached hydrogens (primary N) is 1. The summed E-state index contributed by atoms with van der Waals surface area (Å²) in [5, 5.41) is 3.03. The van der Waals surface area contributed by atoms with Gasteiger partial charge in [0.1, 0.15) is 0 Å². The van der Waals surface area contributed by atoms with Crippen LogP contribution in [0.3, 0.4) is 0 Å². The van der Waals surface area contributed by atoms with E-state index in [1.807, 2.05) is 55.1 Å². The van der Waals surface area contributed by atoms with Crippen molar-refractivity contribution in [3.8, 4) is 0 Å². The molecule has 0 saturated carbocycles. The largest absolute Gasteiger partial charge is 0.369 e. The number of amides is 3. The Morgan fingerprint density at radius 3 is 2.26 bits per heavy atom. The number of benzene rings is 2. The molecule has 4 rings (SSSR count). The summed E-state index contributed by atoms with van der Waals surface area (Å²) < 4.78 is 0. The monoisotopic (exact) mass is 476 g/mol. The molecular weight excluding hydrogens is 440 g/mol. The lowest BCUT2D eigenvalue weighted by Crippen LogP contribution is -2.43. The normalized spacial score (nSPS) is 20.9. The summed E-state index contributed by atoms with van der Waals surface area (Å²) in [6, 6.07) is 13.8. The topological polar surface area (TPSA) is 95.7 Å². The molecule has 2 aliphatic rings. The second-order valence-electron chi connectivity index (χ2n) is 10.1. The third-order valence-electron chi connectivity index (χ3n) is 7.08. The molecule has 2 atom stereocenters. The molecule has 0 aromatic heterocycles. The van der Waals surface area contributed by atoms with Crippen LogP contribution in [0.2, 0.25) is 0 Å². The van der Waals surface area contributed by atoms with E-state index in [1.54, 1.807) is 0 Å². The number of hydrogen-bond donors (Lipinski definition) is 2. The summed E-state index contributed by atoms with van der Waals surface area (Å²) in [7, 11) is 0. The number of rotatable bonds is 6.